The van der Waals surface area contributed by atoms with E-state index in [4.69, 9.17) is 4.74 Å². The summed E-state index contributed by atoms with van der Waals surface area (Å²) >= 11 is 0. The van der Waals surface area contributed by atoms with E-state index in [-0.39, 0.29) is 5.60 Å². The van der Waals surface area contributed by atoms with E-state index in [0.717, 1.165) is 26.2 Å². The van der Waals surface area contributed by atoms with Gasteiger partial charge in [0.2, 0.25) is 0 Å². The molecule has 1 saturated heterocycles. The Hall–Kier alpha value is -0.120. The van der Waals surface area contributed by atoms with Crippen molar-refractivity contribution in [3.05, 3.63) is 0 Å². The molecule has 0 amide bonds. The Morgan fingerprint density at radius 3 is 2.33 bits per heavy atom. The lowest BCUT2D eigenvalue weighted by atomic mass is 9.84. The van der Waals surface area contributed by atoms with Crippen molar-refractivity contribution in [2.75, 3.05) is 26.2 Å². The minimum absolute atomic E-state index is 0.0528. The molecule has 2 unspecified atom stereocenters. The fourth-order valence-corrected chi connectivity index (χ4v) is 2.65. The van der Waals surface area contributed by atoms with Crippen LogP contribution in [0, 0.1) is 5.41 Å². The van der Waals surface area contributed by atoms with Gasteiger partial charge in [-0.05, 0) is 33.1 Å². The Kier molecular flexibility index (Phi) is 5.22. The number of rotatable bonds is 4. The molecule has 0 radical (unpaired) electrons. The van der Waals surface area contributed by atoms with Gasteiger partial charge >= 0.3 is 0 Å². The molecule has 1 rings (SSSR count). The molecule has 0 aromatic rings. The van der Waals surface area contributed by atoms with E-state index < -0.39 is 0 Å². The van der Waals surface area contributed by atoms with Crippen LogP contribution in [0.1, 0.15) is 48.5 Å². The number of ether oxygens (including phenoxy) is 1. The van der Waals surface area contributed by atoms with E-state index in [1.165, 1.54) is 0 Å². The van der Waals surface area contributed by atoms with E-state index in [2.05, 4.69) is 58.7 Å². The second kappa shape index (κ2) is 5.89. The van der Waals surface area contributed by atoms with Crippen LogP contribution in [0.15, 0.2) is 0 Å². The molecule has 0 aromatic heterocycles. The molecule has 0 aromatic carbocycles. The number of hydrogen-bond acceptors (Lipinski definition) is 3. The van der Waals surface area contributed by atoms with Crippen LogP contribution in [-0.4, -0.2) is 48.8 Å². The van der Waals surface area contributed by atoms with Gasteiger partial charge in [0.1, 0.15) is 0 Å². The van der Waals surface area contributed by atoms with Gasteiger partial charge in [-0.15, -0.1) is 0 Å². The molecule has 0 aliphatic carbocycles. The van der Waals surface area contributed by atoms with Crippen LogP contribution < -0.4 is 5.32 Å². The number of piperazine rings is 1. The maximum atomic E-state index is 5.84. The maximum absolute atomic E-state index is 5.84. The molecule has 0 spiro atoms. The normalized spacial score (nSPS) is 27.5. The van der Waals surface area contributed by atoms with Crippen LogP contribution in [-0.2, 0) is 4.74 Å². The monoisotopic (exact) mass is 256 g/mol. The van der Waals surface area contributed by atoms with E-state index in [1.54, 1.807) is 0 Å². The van der Waals surface area contributed by atoms with E-state index in [0.29, 0.717) is 17.5 Å². The minimum Gasteiger partial charge on any atom is -0.375 e. The zero-order chi connectivity index (χ0) is 14.0. The molecule has 1 N–H and O–H groups in total. The molecule has 1 fully saturated rings. The van der Waals surface area contributed by atoms with Crippen LogP contribution in [0.4, 0.5) is 0 Å². The van der Waals surface area contributed by atoms with Gasteiger partial charge in [-0.25, -0.2) is 0 Å². The van der Waals surface area contributed by atoms with Crippen molar-refractivity contribution in [3.63, 3.8) is 0 Å². The van der Waals surface area contributed by atoms with Gasteiger partial charge in [0.15, 0.2) is 0 Å². The van der Waals surface area contributed by atoms with Crippen molar-refractivity contribution in [2.45, 2.75) is 66.2 Å². The first-order valence-corrected chi connectivity index (χ1v) is 7.27. The molecular formula is C15H32N2O. The largest absolute Gasteiger partial charge is 0.375 e. The number of nitrogens with zero attached hydrogens (tertiary/aromatic N) is 1. The minimum atomic E-state index is -0.0528. The van der Waals surface area contributed by atoms with Crippen LogP contribution in [0.3, 0.4) is 0 Å². The summed E-state index contributed by atoms with van der Waals surface area (Å²) in [5.41, 5.74) is 0.261. The summed E-state index contributed by atoms with van der Waals surface area (Å²) < 4.78 is 5.84. The van der Waals surface area contributed by atoms with Crippen molar-refractivity contribution in [1.82, 2.24) is 10.2 Å². The highest BCUT2D eigenvalue weighted by Gasteiger charge is 2.34. The predicted molar refractivity (Wildman–Crippen MR) is 78.0 cm³/mol. The molecule has 18 heavy (non-hydrogen) atoms. The summed E-state index contributed by atoms with van der Waals surface area (Å²) in [6.07, 6.45) is 0. The van der Waals surface area contributed by atoms with Gasteiger partial charge in [-0.2, -0.15) is 0 Å². The van der Waals surface area contributed by atoms with Gasteiger partial charge in [0.05, 0.1) is 5.60 Å². The molecule has 108 valence electrons. The molecule has 3 nitrogen and oxygen atoms in total. The summed E-state index contributed by atoms with van der Waals surface area (Å²) in [5.74, 6) is 0. The molecule has 1 heterocycles. The third-order valence-electron chi connectivity index (χ3n) is 3.86. The third-order valence-corrected chi connectivity index (χ3v) is 3.86. The molecule has 3 heteroatoms. The zero-order valence-corrected chi connectivity index (χ0v) is 13.3. The highest BCUT2D eigenvalue weighted by Crippen LogP contribution is 2.25. The maximum Gasteiger partial charge on any atom is 0.0752 e. The van der Waals surface area contributed by atoms with Gasteiger partial charge in [-0.3, -0.25) is 4.90 Å². The summed E-state index contributed by atoms with van der Waals surface area (Å²) in [4.78, 5) is 2.57. The van der Waals surface area contributed by atoms with Gasteiger partial charge < -0.3 is 10.1 Å². The first kappa shape index (κ1) is 15.9. The summed E-state index contributed by atoms with van der Waals surface area (Å²) in [7, 11) is 0. The van der Waals surface area contributed by atoms with Gasteiger partial charge in [0.25, 0.3) is 0 Å². The van der Waals surface area contributed by atoms with Crippen molar-refractivity contribution >= 4 is 0 Å². The second-order valence-electron chi connectivity index (χ2n) is 7.30. The molecule has 2 atom stereocenters. The average molecular weight is 256 g/mol. The van der Waals surface area contributed by atoms with Crippen LogP contribution in [0.2, 0.25) is 0 Å². The zero-order valence-electron chi connectivity index (χ0n) is 13.3. The van der Waals surface area contributed by atoms with E-state index in [9.17, 15) is 0 Å². The van der Waals surface area contributed by atoms with E-state index >= 15 is 0 Å². The molecular weight excluding hydrogens is 224 g/mol. The second-order valence-corrected chi connectivity index (χ2v) is 7.30. The Morgan fingerprint density at radius 1 is 1.22 bits per heavy atom. The van der Waals surface area contributed by atoms with Gasteiger partial charge in [0, 0.05) is 38.3 Å². The third kappa shape index (κ3) is 4.52. The lowest BCUT2D eigenvalue weighted by Gasteiger charge is -2.46. The highest BCUT2D eigenvalue weighted by atomic mass is 16.5. The standard InChI is InChI=1S/C15H32N2O/c1-8-18-15(6,7)11-17-10-13(14(3,4)5)16-9-12(17)2/h12-13,16H,8-11H2,1-7H3. The Balaban J connectivity index is 2.63. The Morgan fingerprint density at radius 2 is 1.83 bits per heavy atom. The Labute approximate surface area is 113 Å². The van der Waals surface area contributed by atoms with Crippen molar-refractivity contribution in [3.8, 4) is 0 Å². The number of nitrogens with one attached hydrogen (secondary N) is 1. The summed E-state index contributed by atoms with van der Waals surface area (Å²) in [6.45, 7) is 19.7. The quantitative estimate of drug-likeness (QED) is 0.836. The lowest BCUT2D eigenvalue weighted by molar-refractivity contribution is -0.0512. The SMILES string of the molecule is CCOC(C)(C)CN1CC(C(C)(C)C)NCC1C. The summed E-state index contributed by atoms with van der Waals surface area (Å²) in [5, 5.41) is 3.67. The van der Waals surface area contributed by atoms with E-state index in [1.807, 2.05) is 0 Å². The van der Waals surface area contributed by atoms with Crippen LogP contribution in [0.25, 0.3) is 0 Å². The predicted octanol–water partition coefficient (Wildman–Crippen LogP) is 2.51. The van der Waals surface area contributed by atoms with Crippen LogP contribution >= 0.6 is 0 Å². The first-order chi connectivity index (χ1) is 8.15. The van der Waals surface area contributed by atoms with Crippen LogP contribution in [0.5, 0.6) is 0 Å². The molecule has 0 saturated carbocycles. The van der Waals surface area contributed by atoms with Crippen molar-refractivity contribution < 1.29 is 4.74 Å². The number of hydrogen-bond donors (Lipinski definition) is 1. The van der Waals surface area contributed by atoms with Crippen molar-refractivity contribution in [1.29, 1.82) is 0 Å². The molecule has 0 bridgehead atoms. The lowest BCUT2D eigenvalue weighted by Crippen LogP contribution is -2.61. The average Bonchev–Trinajstić information content (AvgIpc) is 2.19. The Bertz CT molecular complexity index is 258. The fraction of sp³-hybridized carbons (Fsp3) is 1.00. The first-order valence-electron chi connectivity index (χ1n) is 7.27. The molecule has 1 aliphatic rings. The topological polar surface area (TPSA) is 24.5 Å². The highest BCUT2D eigenvalue weighted by molar-refractivity contribution is 4.92. The van der Waals surface area contributed by atoms with Crippen molar-refractivity contribution in [2.24, 2.45) is 5.41 Å². The smallest absolute Gasteiger partial charge is 0.0752 e. The molecule has 1 aliphatic heterocycles. The fourth-order valence-electron chi connectivity index (χ4n) is 2.65. The summed E-state index contributed by atoms with van der Waals surface area (Å²) in [6, 6.07) is 1.15. The van der Waals surface area contributed by atoms with Gasteiger partial charge in [-0.1, -0.05) is 20.8 Å².